The molecule has 2 aromatic heterocycles. The van der Waals surface area contributed by atoms with E-state index in [0.29, 0.717) is 16.4 Å². The lowest BCUT2D eigenvalue weighted by atomic mass is 9.98. The van der Waals surface area contributed by atoms with Crippen molar-refractivity contribution in [1.82, 2.24) is 9.78 Å². The van der Waals surface area contributed by atoms with Crippen LogP contribution in [0.5, 0.6) is 5.88 Å². The second-order valence-electron chi connectivity index (χ2n) is 8.54. The minimum atomic E-state index is -0.687. The first-order chi connectivity index (χ1) is 17.3. The molecule has 2 aromatic carbocycles. The van der Waals surface area contributed by atoms with Crippen LogP contribution < -0.4 is 14.6 Å². The van der Waals surface area contributed by atoms with Gasteiger partial charge in [0.2, 0.25) is 0 Å². The molecule has 0 radical (unpaired) electrons. The number of hydrogen-bond donors (Lipinski definition) is 0. The zero-order chi connectivity index (χ0) is 25.6. The molecule has 36 heavy (non-hydrogen) atoms. The van der Waals surface area contributed by atoms with Gasteiger partial charge in [0, 0.05) is 22.7 Å². The average molecular weight is 503 g/mol. The predicted molar refractivity (Wildman–Crippen MR) is 131 cm³/mol. The average Bonchev–Trinajstić information content (AvgIpc) is 3.33. The fraction of sp³-hybridized carbons (Fsp3) is 0.111. The van der Waals surface area contributed by atoms with Crippen LogP contribution in [-0.2, 0) is 9.59 Å². The number of nitrogens with zero attached hydrogens (tertiary/aromatic N) is 4. The molecule has 7 nitrogen and oxygen atoms in total. The van der Waals surface area contributed by atoms with E-state index < -0.39 is 23.5 Å². The van der Waals surface area contributed by atoms with Gasteiger partial charge in [-0.2, -0.15) is 9.67 Å². The number of anilines is 1. The Hall–Kier alpha value is -4.30. The lowest BCUT2D eigenvalue weighted by molar-refractivity contribution is -0.576. The molecule has 4 aromatic rings. The minimum Gasteiger partial charge on any atom is -0.858 e. The first-order valence-electron chi connectivity index (χ1n) is 11.2. The standard InChI is InChI=1S/C27H20ClFN4O3/c1-16(2)23-21(26(35)33(30-23)20-10-6-17(28)7-11-20)22-24(31-14-4-3-5-15-31)27(36)32(25(22)34)19-12-8-18(29)9-13-19/h3-16H,1-2H3. The molecule has 0 bridgehead atoms. The van der Waals surface area contributed by atoms with E-state index in [1.165, 1.54) is 33.5 Å². The van der Waals surface area contributed by atoms with E-state index in [0.717, 1.165) is 4.90 Å². The third-order valence-corrected chi connectivity index (χ3v) is 6.11. The van der Waals surface area contributed by atoms with Crippen molar-refractivity contribution in [2.24, 2.45) is 0 Å². The predicted octanol–water partition coefficient (Wildman–Crippen LogP) is 4.09. The van der Waals surface area contributed by atoms with Crippen molar-refractivity contribution in [3.05, 3.63) is 101 Å². The number of imide groups is 1. The molecular weight excluding hydrogens is 483 g/mol. The Bertz CT molecular complexity index is 1510. The first-order valence-corrected chi connectivity index (χ1v) is 11.6. The molecule has 0 N–H and O–H groups in total. The van der Waals surface area contributed by atoms with Crippen molar-refractivity contribution >= 4 is 40.4 Å². The van der Waals surface area contributed by atoms with E-state index in [-0.39, 0.29) is 28.4 Å². The number of halogens is 2. The van der Waals surface area contributed by atoms with Crippen LogP contribution >= 0.6 is 11.6 Å². The normalized spacial score (nSPS) is 13.9. The van der Waals surface area contributed by atoms with Gasteiger partial charge in [-0.05, 0) is 60.3 Å². The Morgan fingerprint density at radius 1 is 0.917 bits per heavy atom. The molecule has 0 saturated carbocycles. The van der Waals surface area contributed by atoms with E-state index in [4.69, 9.17) is 11.6 Å². The van der Waals surface area contributed by atoms with Gasteiger partial charge < -0.3 is 5.11 Å². The summed E-state index contributed by atoms with van der Waals surface area (Å²) >= 11 is 6.01. The number of benzene rings is 2. The summed E-state index contributed by atoms with van der Waals surface area (Å²) < 4.78 is 16.3. The Morgan fingerprint density at radius 2 is 1.53 bits per heavy atom. The number of rotatable bonds is 5. The molecule has 3 heterocycles. The summed E-state index contributed by atoms with van der Waals surface area (Å²) in [5, 5.41) is 18.8. The van der Waals surface area contributed by atoms with Gasteiger partial charge in [0.25, 0.3) is 11.6 Å². The molecule has 1 aliphatic rings. The smallest absolute Gasteiger partial charge is 0.331 e. The Kier molecular flexibility index (Phi) is 5.89. The van der Waals surface area contributed by atoms with E-state index in [1.807, 2.05) is 13.8 Å². The van der Waals surface area contributed by atoms with Crippen molar-refractivity contribution < 1.29 is 23.7 Å². The van der Waals surface area contributed by atoms with Crippen molar-refractivity contribution in [1.29, 1.82) is 0 Å². The molecule has 0 atom stereocenters. The molecule has 0 spiro atoms. The van der Waals surface area contributed by atoms with Gasteiger partial charge in [0.05, 0.1) is 17.1 Å². The van der Waals surface area contributed by atoms with Gasteiger partial charge in [-0.3, -0.25) is 9.59 Å². The number of aromatic nitrogens is 3. The molecular formula is C27H20ClFN4O3. The molecule has 9 heteroatoms. The molecule has 0 fully saturated rings. The Morgan fingerprint density at radius 3 is 2.14 bits per heavy atom. The van der Waals surface area contributed by atoms with E-state index in [9.17, 15) is 19.1 Å². The van der Waals surface area contributed by atoms with Gasteiger partial charge in [-0.15, -0.1) is 0 Å². The third kappa shape index (κ3) is 3.85. The Labute approximate surface area is 211 Å². The highest BCUT2D eigenvalue weighted by Gasteiger charge is 2.47. The molecule has 180 valence electrons. The topological polar surface area (TPSA) is 82.1 Å². The van der Waals surface area contributed by atoms with Gasteiger partial charge in [-0.25, -0.2) is 14.0 Å². The summed E-state index contributed by atoms with van der Waals surface area (Å²) in [6.45, 7) is 3.71. The number of carbonyl (C=O) groups excluding carboxylic acids is 2. The highest BCUT2D eigenvalue weighted by atomic mass is 35.5. The zero-order valence-corrected chi connectivity index (χ0v) is 20.1. The van der Waals surface area contributed by atoms with Crippen molar-refractivity contribution in [3.63, 3.8) is 0 Å². The van der Waals surface area contributed by atoms with Crippen LogP contribution in [-0.4, -0.2) is 21.6 Å². The monoisotopic (exact) mass is 502 g/mol. The molecule has 0 aliphatic carbocycles. The highest BCUT2D eigenvalue weighted by molar-refractivity contribution is 6.53. The maximum Gasteiger partial charge on any atom is 0.331 e. The van der Waals surface area contributed by atoms with Gasteiger partial charge in [0.1, 0.15) is 11.4 Å². The molecule has 1 aliphatic heterocycles. The van der Waals surface area contributed by atoms with Crippen LogP contribution in [0, 0.1) is 5.82 Å². The van der Waals surface area contributed by atoms with Crippen LogP contribution in [0.15, 0.2) is 79.1 Å². The SMILES string of the molecule is CC(C)c1nn(-c2ccc(Cl)cc2)c([O-])c1C1=C([n+]2ccccc2)C(=O)N(c2ccc(F)cc2)C1=O. The quantitative estimate of drug-likeness (QED) is 0.304. The lowest BCUT2D eigenvalue weighted by Crippen LogP contribution is -2.39. The summed E-state index contributed by atoms with van der Waals surface area (Å²) in [5.74, 6) is -2.60. The van der Waals surface area contributed by atoms with Crippen molar-refractivity contribution in [2.75, 3.05) is 4.90 Å². The van der Waals surface area contributed by atoms with Crippen molar-refractivity contribution in [2.45, 2.75) is 19.8 Å². The Balaban J connectivity index is 1.77. The van der Waals surface area contributed by atoms with Crippen LogP contribution in [0.4, 0.5) is 10.1 Å². The number of hydrogen-bond acceptors (Lipinski definition) is 4. The molecule has 0 unspecified atom stereocenters. The van der Waals surface area contributed by atoms with Crippen LogP contribution in [0.2, 0.25) is 5.02 Å². The maximum atomic E-state index is 13.8. The molecule has 5 rings (SSSR count). The minimum absolute atomic E-state index is 0.0135. The van der Waals surface area contributed by atoms with E-state index in [2.05, 4.69) is 5.10 Å². The summed E-state index contributed by atoms with van der Waals surface area (Å²) in [6, 6.07) is 16.8. The van der Waals surface area contributed by atoms with E-state index in [1.54, 1.807) is 54.9 Å². The second kappa shape index (κ2) is 9.05. The summed E-state index contributed by atoms with van der Waals surface area (Å²) in [7, 11) is 0. The lowest BCUT2D eigenvalue weighted by Gasteiger charge is -2.16. The fourth-order valence-electron chi connectivity index (χ4n) is 4.17. The van der Waals surface area contributed by atoms with Crippen LogP contribution in [0.25, 0.3) is 17.0 Å². The van der Waals surface area contributed by atoms with Gasteiger partial charge >= 0.3 is 5.91 Å². The highest BCUT2D eigenvalue weighted by Crippen LogP contribution is 2.40. The molecule has 0 saturated heterocycles. The van der Waals surface area contributed by atoms with Crippen LogP contribution in [0.3, 0.4) is 0 Å². The number of carbonyl (C=O) groups is 2. The first kappa shape index (κ1) is 23.4. The largest absolute Gasteiger partial charge is 0.858 e. The number of amides is 2. The van der Waals surface area contributed by atoms with Gasteiger partial charge in [0.15, 0.2) is 12.4 Å². The second-order valence-corrected chi connectivity index (χ2v) is 8.97. The maximum absolute atomic E-state index is 13.8. The number of pyridine rings is 1. The summed E-state index contributed by atoms with van der Waals surface area (Å²) in [6.07, 6.45) is 3.25. The summed E-state index contributed by atoms with van der Waals surface area (Å²) in [4.78, 5) is 28.5. The molecule has 2 amide bonds. The zero-order valence-electron chi connectivity index (χ0n) is 19.4. The fourth-order valence-corrected chi connectivity index (χ4v) is 4.30. The third-order valence-electron chi connectivity index (χ3n) is 5.86. The van der Waals surface area contributed by atoms with Crippen LogP contribution in [0.1, 0.15) is 31.0 Å². The summed E-state index contributed by atoms with van der Waals surface area (Å²) in [5.41, 5.74) is 1.04. The van der Waals surface area contributed by atoms with E-state index >= 15 is 0 Å². The van der Waals surface area contributed by atoms with Crippen molar-refractivity contribution in [3.8, 4) is 11.6 Å². The van der Waals surface area contributed by atoms with Gasteiger partial charge in [-0.1, -0.05) is 31.5 Å².